The predicted molar refractivity (Wildman–Crippen MR) is 75.4 cm³/mol. The second-order valence-corrected chi connectivity index (χ2v) is 5.28. The van der Waals surface area contributed by atoms with Gasteiger partial charge in [0.15, 0.2) is 17.1 Å². The van der Waals surface area contributed by atoms with Crippen molar-refractivity contribution in [3.8, 4) is 11.5 Å². The van der Waals surface area contributed by atoms with Crippen LogP contribution in [0.15, 0.2) is 36.4 Å². The van der Waals surface area contributed by atoms with E-state index in [1.807, 2.05) is 19.1 Å². The van der Waals surface area contributed by atoms with E-state index in [2.05, 4.69) is 5.32 Å². The van der Waals surface area contributed by atoms with Gasteiger partial charge in [0.25, 0.3) is 5.91 Å². The zero-order chi connectivity index (χ0) is 14.6. The van der Waals surface area contributed by atoms with Crippen LogP contribution in [0.4, 0.5) is 5.69 Å². The minimum absolute atomic E-state index is 0.152. The molecule has 0 aliphatic carbocycles. The second-order valence-electron chi connectivity index (χ2n) is 5.28. The molecule has 5 heteroatoms. The Morgan fingerprint density at radius 3 is 2.81 bits per heavy atom. The maximum Gasteiger partial charge on any atom is 0.265 e. The first-order chi connectivity index (χ1) is 10.1. The smallest absolute Gasteiger partial charge is 0.265 e. The van der Waals surface area contributed by atoms with Crippen LogP contribution in [0, 0.1) is 6.92 Å². The highest BCUT2D eigenvalue weighted by Gasteiger charge is 2.47. The molecule has 2 aliphatic heterocycles. The van der Waals surface area contributed by atoms with E-state index in [1.165, 1.54) is 0 Å². The van der Waals surface area contributed by atoms with Crippen LogP contribution in [0.2, 0.25) is 0 Å². The molecule has 1 amide bonds. The van der Waals surface area contributed by atoms with Gasteiger partial charge in [0, 0.05) is 16.8 Å². The third-order valence-corrected chi connectivity index (χ3v) is 3.93. The van der Waals surface area contributed by atoms with Gasteiger partial charge in [-0.15, -0.1) is 0 Å². The Morgan fingerprint density at radius 2 is 1.95 bits per heavy atom. The summed E-state index contributed by atoms with van der Waals surface area (Å²) in [5.41, 5.74) is 0.970. The van der Waals surface area contributed by atoms with Gasteiger partial charge in [0.1, 0.15) is 0 Å². The molecule has 4 rings (SSSR count). The Labute approximate surface area is 121 Å². The minimum atomic E-state index is -1.70. The van der Waals surface area contributed by atoms with Gasteiger partial charge in [-0.3, -0.25) is 4.79 Å². The van der Waals surface area contributed by atoms with Gasteiger partial charge in [0.2, 0.25) is 6.79 Å². The summed E-state index contributed by atoms with van der Waals surface area (Å²) in [6.07, 6.45) is 0. The molecular weight excluding hydrogens is 270 g/mol. The van der Waals surface area contributed by atoms with Gasteiger partial charge in [-0.1, -0.05) is 18.2 Å². The topological polar surface area (TPSA) is 67.8 Å². The summed E-state index contributed by atoms with van der Waals surface area (Å²) in [6, 6.07) is 10.5. The average molecular weight is 283 g/mol. The zero-order valence-corrected chi connectivity index (χ0v) is 11.3. The molecule has 2 aromatic rings. The predicted octanol–water partition coefficient (Wildman–Crippen LogP) is 1.91. The van der Waals surface area contributed by atoms with Crippen LogP contribution in [0.25, 0.3) is 0 Å². The Balaban J connectivity index is 1.89. The van der Waals surface area contributed by atoms with Crippen molar-refractivity contribution in [1.29, 1.82) is 0 Å². The van der Waals surface area contributed by atoms with Crippen molar-refractivity contribution in [3.63, 3.8) is 0 Å². The van der Waals surface area contributed by atoms with Crippen molar-refractivity contribution in [2.45, 2.75) is 12.5 Å². The third kappa shape index (κ3) is 1.58. The molecule has 0 saturated heterocycles. The van der Waals surface area contributed by atoms with Gasteiger partial charge >= 0.3 is 0 Å². The minimum Gasteiger partial charge on any atom is -0.454 e. The van der Waals surface area contributed by atoms with Crippen molar-refractivity contribution in [3.05, 3.63) is 53.1 Å². The molecule has 0 bridgehead atoms. The number of aryl methyl sites for hydroxylation is 1. The summed E-state index contributed by atoms with van der Waals surface area (Å²) in [5.74, 6) is 0.695. The molecule has 1 unspecified atom stereocenters. The van der Waals surface area contributed by atoms with Crippen LogP contribution < -0.4 is 14.8 Å². The third-order valence-electron chi connectivity index (χ3n) is 3.93. The first-order valence-corrected chi connectivity index (χ1v) is 6.64. The number of carbonyl (C=O) groups excluding carboxylic acids is 1. The number of aliphatic hydroxyl groups is 1. The summed E-state index contributed by atoms with van der Waals surface area (Å²) in [7, 11) is 0. The van der Waals surface area contributed by atoms with Gasteiger partial charge in [-0.2, -0.15) is 0 Å². The lowest BCUT2D eigenvalue weighted by Gasteiger charge is -2.21. The maximum atomic E-state index is 12.3. The molecule has 0 spiro atoms. The van der Waals surface area contributed by atoms with Gasteiger partial charge in [-0.05, 0) is 30.7 Å². The number of fused-ring (bicyclic) bond motifs is 2. The largest absolute Gasteiger partial charge is 0.454 e. The summed E-state index contributed by atoms with van der Waals surface area (Å²) in [6.45, 7) is 2.09. The molecule has 2 aliphatic rings. The molecule has 5 nitrogen and oxygen atoms in total. The quantitative estimate of drug-likeness (QED) is 0.839. The summed E-state index contributed by atoms with van der Waals surface area (Å²) in [5, 5.41) is 13.7. The summed E-state index contributed by atoms with van der Waals surface area (Å²) >= 11 is 0. The lowest BCUT2D eigenvalue weighted by atomic mass is 9.87. The van der Waals surface area contributed by atoms with E-state index < -0.39 is 11.5 Å². The number of benzene rings is 2. The number of ether oxygens (including phenoxy) is 2. The molecule has 21 heavy (non-hydrogen) atoms. The molecule has 0 aromatic heterocycles. The lowest BCUT2D eigenvalue weighted by Crippen LogP contribution is -2.35. The first kappa shape index (κ1) is 12.2. The first-order valence-electron chi connectivity index (χ1n) is 6.64. The highest BCUT2D eigenvalue weighted by Crippen LogP contribution is 2.44. The van der Waals surface area contributed by atoms with Gasteiger partial charge < -0.3 is 19.9 Å². The Morgan fingerprint density at radius 1 is 1.14 bits per heavy atom. The van der Waals surface area contributed by atoms with E-state index in [0.717, 1.165) is 5.56 Å². The highest BCUT2D eigenvalue weighted by molar-refractivity contribution is 6.07. The number of hydrogen-bond donors (Lipinski definition) is 2. The average Bonchev–Trinajstić information content (AvgIpc) is 3.02. The van der Waals surface area contributed by atoms with Gasteiger partial charge in [0.05, 0.1) is 0 Å². The molecule has 0 fully saturated rings. The number of rotatable bonds is 1. The molecule has 2 N–H and O–H groups in total. The molecular formula is C16H13NO4. The molecule has 0 saturated carbocycles. The summed E-state index contributed by atoms with van der Waals surface area (Å²) < 4.78 is 10.6. The number of nitrogens with one attached hydrogen (secondary N) is 1. The van der Waals surface area contributed by atoms with Crippen molar-refractivity contribution >= 4 is 11.6 Å². The van der Waals surface area contributed by atoms with Crippen molar-refractivity contribution in [1.82, 2.24) is 0 Å². The number of hydrogen-bond acceptors (Lipinski definition) is 4. The highest BCUT2D eigenvalue weighted by atomic mass is 16.7. The van der Waals surface area contributed by atoms with Crippen LogP contribution >= 0.6 is 0 Å². The van der Waals surface area contributed by atoms with E-state index in [4.69, 9.17) is 9.47 Å². The van der Waals surface area contributed by atoms with Crippen molar-refractivity contribution in [2.75, 3.05) is 12.1 Å². The fraction of sp³-hybridized carbons (Fsp3) is 0.188. The maximum absolute atomic E-state index is 12.3. The normalized spacial score (nSPS) is 22.1. The summed E-state index contributed by atoms with van der Waals surface area (Å²) in [4.78, 5) is 12.3. The number of amides is 1. The van der Waals surface area contributed by atoms with E-state index >= 15 is 0 Å². The van der Waals surface area contributed by atoms with Crippen LogP contribution in [-0.2, 0) is 10.4 Å². The Bertz CT molecular complexity index is 771. The molecule has 1 atom stereocenters. The van der Waals surface area contributed by atoms with Crippen LogP contribution in [0.3, 0.4) is 0 Å². The molecule has 0 radical (unpaired) electrons. The Kier molecular flexibility index (Phi) is 2.32. The Hall–Kier alpha value is -2.53. The van der Waals surface area contributed by atoms with E-state index in [1.54, 1.807) is 24.3 Å². The zero-order valence-electron chi connectivity index (χ0n) is 11.3. The van der Waals surface area contributed by atoms with Crippen molar-refractivity contribution in [2.24, 2.45) is 0 Å². The van der Waals surface area contributed by atoms with E-state index in [-0.39, 0.29) is 6.79 Å². The molecule has 106 valence electrons. The van der Waals surface area contributed by atoms with Crippen molar-refractivity contribution < 1.29 is 19.4 Å². The van der Waals surface area contributed by atoms with Crippen LogP contribution in [-0.4, -0.2) is 17.8 Å². The standard InChI is InChI=1S/C16H13NO4/c1-9-2-4-11-12(6-9)17-15(18)16(11,19)10-3-5-13-14(7-10)21-8-20-13/h2-7,19H,8H2,1H3,(H,17,18). The SMILES string of the molecule is Cc1ccc2c(c1)NC(=O)C2(O)c1ccc2c(c1)OCO2. The number of anilines is 1. The van der Waals surface area contributed by atoms with E-state index in [0.29, 0.717) is 28.3 Å². The molecule has 2 aromatic carbocycles. The van der Waals surface area contributed by atoms with E-state index in [9.17, 15) is 9.90 Å². The fourth-order valence-corrected chi connectivity index (χ4v) is 2.82. The monoisotopic (exact) mass is 283 g/mol. The lowest BCUT2D eigenvalue weighted by molar-refractivity contribution is -0.129. The molecule has 2 heterocycles. The fourth-order valence-electron chi connectivity index (χ4n) is 2.82. The van der Waals surface area contributed by atoms with Crippen LogP contribution in [0.1, 0.15) is 16.7 Å². The van der Waals surface area contributed by atoms with Crippen LogP contribution in [0.5, 0.6) is 11.5 Å². The second kappa shape index (κ2) is 3.99. The number of carbonyl (C=O) groups is 1. The van der Waals surface area contributed by atoms with Gasteiger partial charge in [-0.25, -0.2) is 0 Å².